The first-order chi connectivity index (χ1) is 11.7. The van der Waals surface area contributed by atoms with Crippen molar-refractivity contribution in [3.8, 4) is 0 Å². The molecule has 0 aromatic rings. The van der Waals surface area contributed by atoms with Crippen molar-refractivity contribution < 1.29 is 4.74 Å². The first-order valence-electron chi connectivity index (χ1n) is 10.0. The Morgan fingerprint density at radius 1 is 1.28 bits per heavy atom. The summed E-state index contributed by atoms with van der Waals surface area (Å²) >= 11 is 0. The summed E-state index contributed by atoms with van der Waals surface area (Å²) in [6, 6.07) is 0.519. The van der Waals surface area contributed by atoms with Gasteiger partial charge in [-0.3, -0.25) is 9.89 Å². The molecule has 2 rings (SSSR count). The van der Waals surface area contributed by atoms with Gasteiger partial charge < -0.3 is 15.4 Å². The maximum atomic E-state index is 5.68. The third-order valence-electron chi connectivity index (χ3n) is 4.98. The van der Waals surface area contributed by atoms with Crippen LogP contribution in [-0.2, 0) is 4.74 Å². The van der Waals surface area contributed by atoms with E-state index in [2.05, 4.69) is 36.3 Å². The number of nitrogens with zero attached hydrogens (tertiary/aromatic N) is 2. The minimum atomic E-state index is 0. The van der Waals surface area contributed by atoms with Crippen molar-refractivity contribution in [2.45, 2.75) is 58.9 Å². The molecule has 0 aromatic carbocycles. The Hall–Kier alpha value is -0.0800. The lowest BCUT2D eigenvalue weighted by atomic mass is 9.99. The van der Waals surface area contributed by atoms with Crippen LogP contribution in [0.2, 0.25) is 0 Å². The zero-order chi connectivity index (χ0) is 17.2. The normalized spacial score (nSPS) is 23.0. The van der Waals surface area contributed by atoms with Crippen LogP contribution in [-0.4, -0.2) is 62.8 Å². The van der Waals surface area contributed by atoms with Crippen LogP contribution in [0.25, 0.3) is 0 Å². The van der Waals surface area contributed by atoms with Crippen LogP contribution < -0.4 is 10.6 Å². The molecule has 2 N–H and O–H groups in total. The highest BCUT2D eigenvalue weighted by Crippen LogP contribution is 2.28. The van der Waals surface area contributed by atoms with Crippen molar-refractivity contribution in [2.24, 2.45) is 16.8 Å². The zero-order valence-corrected chi connectivity index (χ0v) is 18.8. The SMILES string of the molecule is CCNC(=NCC(C)N1CCCC(C)C1)NCCCOCC1CC1.I. The summed E-state index contributed by atoms with van der Waals surface area (Å²) in [5.74, 6) is 2.62. The molecule has 0 aromatic heterocycles. The van der Waals surface area contributed by atoms with E-state index in [1.807, 2.05) is 0 Å². The molecule has 0 spiro atoms. The predicted octanol–water partition coefficient (Wildman–Crippen LogP) is 3.10. The van der Waals surface area contributed by atoms with Crippen molar-refractivity contribution in [3.63, 3.8) is 0 Å². The topological polar surface area (TPSA) is 48.9 Å². The smallest absolute Gasteiger partial charge is 0.191 e. The van der Waals surface area contributed by atoms with Gasteiger partial charge in [0.25, 0.3) is 0 Å². The molecule has 2 aliphatic rings. The van der Waals surface area contributed by atoms with E-state index in [1.165, 1.54) is 38.8 Å². The number of guanidine groups is 1. The summed E-state index contributed by atoms with van der Waals surface area (Å²) in [5.41, 5.74) is 0. The molecule has 148 valence electrons. The molecule has 2 unspecified atom stereocenters. The van der Waals surface area contributed by atoms with Gasteiger partial charge in [0.05, 0.1) is 6.54 Å². The van der Waals surface area contributed by atoms with Gasteiger partial charge in [-0.25, -0.2) is 0 Å². The number of rotatable bonds is 10. The van der Waals surface area contributed by atoms with Crippen LogP contribution in [0.3, 0.4) is 0 Å². The first kappa shape index (κ1) is 23.0. The molecule has 1 aliphatic carbocycles. The Bertz CT molecular complexity index is 376. The maximum Gasteiger partial charge on any atom is 0.191 e. The van der Waals surface area contributed by atoms with Gasteiger partial charge in [-0.05, 0) is 64.3 Å². The van der Waals surface area contributed by atoms with E-state index in [0.29, 0.717) is 6.04 Å². The number of piperidine rings is 1. The minimum Gasteiger partial charge on any atom is -0.381 e. The van der Waals surface area contributed by atoms with Gasteiger partial charge in [0.1, 0.15) is 0 Å². The zero-order valence-electron chi connectivity index (χ0n) is 16.4. The monoisotopic (exact) mass is 466 g/mol. The lowest BCUT2D eigenvalue weighted by Gasteiger charge is -2.35. The van der Waals surface area contributed by atoms with Crippen molar-refractivity contribution in [2.75, 3.05) is 45.9 Å². The van der Waals surface area contributed by atoms with Gasteiger partial charge >= 0.3 is 0 Å². The maximum absolute atomic E-state index is 5.68. The van der Waals surface area contributed by atoms with Crippen LogP contribution in [0, 0.1) is 11.8 Å². The van der Waals surface area contributed by atoms with Crippen LogP contribution in [0.1, 0.15) is 52.9 Å². The molecule has 0 radical (unpaired) electrons. The van der Waals surface area contributed by atoms with Crippen LogP contribution in [0.15, 0.2) is 4.99 Å². The summed E-state index contributed by atoms with van der Waals surface area (Å²) in [4.78, 5) is 7.37. The van der Waals surface area contributed by atoms with E-state index in [0.717, 1.165) is 57.1 Å². The Morgan fingerprint density at radius 2 is 2.08 bits per heavy atom. The van der Waals surface area contributed by atoms with Crippen LogP contribution in [0.5, 0.6) is 0 Å². The van der Waals surface area contributed by atoms with Gasteiger partial charge in [-0.15, -0.1) is 24.0 Å². The summed E-state index contributed by atoms with van der Waals surface area (Å²) in [7, 11) is 0. The van der Waals surface area contributed by atoms with Crippen molar-refractivity contribution in [1.29, 1.82) is 0 Å². The molecule has 6 heteroatoms. The molecule has 0 bridgehead atoms. The molecular weight excluding hydrogens is 427 g/mol. The van der Waals surface area contributed by atoms with Crippen molar-refractivity contribution >= 4 is 29.9 Å². The van der Waals surface area contributed by atoms with Crippen molar-refractivity contribution in [3.05, 3.63) is 0 Å². The first-order valence-corrected chi connectivity index (χ1v) is 10.0. The molecule has 2 fully saturated rings. The number of likely N-dealkylation sites (tertiary alicyclic amines) is 1. The van der Waals surface area contributed by atoms with Gasteiger partial charge in [0.15, 0.2) is 5.96 Å². The Labute approximate surface area is 171 Å². The Kier molecular flexibility index (Phi) is 12.1. The lowest BCUT2D eigenvalue weighted by Crippen LogP contribution is -2.43. The fraction of sp³-hybridized carbons (Fsp3) is 0.947. The summed E-state index contributed by atoms with van der Waals surface area (Å²) < 4.78 is 5.68. The summed E-state index contributed by atoms with van der Waals surface area (Å²) in [6.45, 7) is 13.7. The minimum absolute atomic E-state index is 0. The largest absolute Gasteiger partial charge is 0.381 e. The number of nitrogens with one attached hydrogen (secondary N) is 2. The molecule has 1 saturated heterocycles. The van der Waals surface area contributed by atoms with E-state index < -0.39 is 0 Å². The number of hydrogen-bond donors (Lipinski definition) is 2. The molecule has 0 amide bonds. The van der Waals surface area contributed by atoms with Gasteiger partial charge in [0, 0.05) is 38.9 Å². The molecule has 1 heterocycles. The molecule has 1 aliphatic heterocycles. The Balaban J connectivity index is 0.00000312. The molecular formula is C19H39IN4O. The highest BCUT2D eigenvalue weighted by Gasteiger charge is 2.21. The average molecular weight is 466 g/mol. The van der Waals surface area contributed by atoms with E-state index in [9.17, 15) is 0 Å². The molecule has 1 saturated carbocycles. The molecule has 5 nitrogen and oxygen atoms in total. The fourth-order valence-electron chi connectivity index (χ4n) is 3.22. The standard InChI is InChI=1S/C19H38N4O.HI/c1-4-20-19(21-10-6-12-24-15-18-8-9-18)22-13-17(3)23-11-5-7-16(2)14-23;/h16-18H,4-15H2,1-3H3,(H2,20,21,22);1H. The van der Waals surface area contributed by atoms with Gasteiger partial charge in [-0.1, -0.05) is 6.92 Å². The molecule has 2 atom stereocenters. The summed E-state index contributed by atoms with van der Waals surface area (Å²) in [6.07, 6.45) is 6.47. The highest BCUT2D eigenvalue weighted by molar-refractivity contribution is 14.0. The number of ether oxygens (including phenoxy) is 1. The fourth-order valence-corrected chi connectivity index (χ4v) is 3.22. The van der Waals surface area contributed by atoms with E-state index >= 15 is 0 Å². The van der Waals surface area contributed by atoms with Gasteiger partial charge in [-0.2, -0.15) is 0 Å². The average Bonchev–Trinajstić information content (AvgIpc) is 3.39. The van der Waals surface area contributed by atoms with Crippen LogP contribution in [0.4, 0.5) is 0 Å². The third kappa shape index (κ3) is 9.99. The number of aliphatic imine (C=N–C) groups is 1. The van der Waals surface area contributed by atoms with Gasteiger partial charge in [0.2, 0.25) is 0 Å². The summed E-state index contributed by atoms with van der Waals surface area (Å²) in [5, 5.41) is 6.78. The number of hydrogen-bond acceptors (Lipinski definition) is 3. The quantitative estimate of drug-likeness (QED) is 0.225. The lowest BCUT2D eigenvalue weighted by molar-refractivity contribution is 0.123. The van der Waals surface area contributed by atoms with E-state index in [-0.39, 0.29) is 24.0 Å². The van der Waals surface area contributed by atoms with Crippen molar-refractivity contribution in [1.82, 2.24) is 15.5 Å². The molecule has 25 heavy (non-hydrogen) atoms. The third-order valence-corrected chi connectivity index (χ3v) is 4.98. The second-order valence-electron chi connectivity index (χ2n) is 7.61. The predicted molar refractivity (Wildman–Crippen MR) is 117 cm³/mol. The van der Waals surface area contributed by atoms with E-state index in [4.69, 9.17) is 9.73 Å². The number of halogens is 1. The second-order valence-corrected chi connectivity index (χ2v) is 7.61. The van der Waals surface area contributed by atoms with Crippen LogP contribution >= 0.6 is 24.0 Å². The Morgan fingerprint density at radius 3 is 2.76 bits per heavy atom. The second kappa shape index (κ2) is 13.1. The van der Waals surface area contributed by atoms with E-state index in [1.54, 1.807) is 0 Å². The highest BCUT2D eigenvalue weighted by atomic mass is 127.